The first-order chi connectivity index (χ1) is 25.2. The number of pyridine rings is 1. The van der Waals surface area contributed by atoms with Crippen LogP contribution in [0.4, 0.5) is 9.59 Å². The molecule has 0 fully saturated rings. The zero-order chi connectivity index (χ0) is 39.0. The fourth-order valence-corrected chi connectivity index (χ4v) is 6.02. The highest BCUT2D eigenvalue weighted by molar-refractivity contribution is 5.90. The molecule has 1 heterocycles. The van der Waals surface area contributed by atoms with Crippen molar-refractivity contribution in [1.82, 2.24) is 35.9 Å². The van der Waals surface area contributed by atoms with Gasteiger partial charge in [-0.3, -0.25) is 20.0 Å². The van der Waals surface area contributed by atoms with Crippen LogP contribution in [0.2, 0.25) is 0 Å². The number of nitrogens with one attached hydrogen (secondary N) is 3. The number of ether oxygens (including phenoxy) is 2. The standard InChI is InChI=1S/C39H57N7O7/c1-8-52-36(53-9-2)28(3)45(26-31-17-14-16-30-15-10-11-18-32(30)31)35(48)33(19-12-13-24-46(38(50)51)39(4,5)6)42-34(47)27-44(7)43-37(49)41-25-29-20-22-40-23-21-29/h10-11,14-18,20-23,28,33,36H,8-9,12-13,19,24-27H2,1-7H3,(H,42,47)(H,50,51)(H2,41,43,49). The van der Waals surface area contributed by atoms with Crippen molar-refractivity contribution < 1.29 is 33.8 Å². The number of carbonyl (C=O) groups is 4. The molecule has 1 aromatic heterocycles. The predicted molar refractivity (Wildman–Crippen MR) is 204 cm³/mol. The number of benzene rings is 2. The van der Waals surface area contributed by atoms with Crippen LogP contribution < -0.4 is 16.1 Å². The van der Waals surface area contributed by atoms with Crippen LogP contribution in [0.3, 0.4) is 0 Å². The van der Waals surface area contributed by atoms with Crippen LogP contribution in [0.5, 0.6) is 0 Å². The molecule has 4 N–H and O–H groups in total. The van der Waals surface area contributed by atoms with Crippen LogP contribution in [0.1, 0.15) is 71.9 Å². The van der Waals surface area contributed by atoms with Crippen LogP contribution >= 0.6 is 0 Å². The van der Waals surface area contributed by atoms with E-state index in [1.807, 2.05) is 84.0 Å². The van der Waals surface area contributed by atoms with E-state index in [1.165, 1.54) is 9.91 Å². The Morgan fingerprint density at radius 1 is 0.925 bits per heavy atom. The first-order valence-electron chi connectivity index (χ1n) is 18.2. The van der Waals surface area contributed by atoms with Gasteiger partial charge in [-0.05, 0) is 94.8 Å². The lowest BCUT2D eigenvalue weighted by Crippen LogP contribution is -2.56. The zero-order valence-electron chi connectivity index (χ0n) is 32.1. The molecule has 5 amide bonds. The Morgan fingerprint density at radius 3 is 2.23 bits per heavy atom. The van der Waals surface area contributed by atoms with Gasteiger partial charge in [0.05, 0.1) is 12.6 Å². The van der Waals surface area contributed by atoms with E-state index < -0.39 is 41.9 Å². The van der Waals surface area contributed by atoms with Gasteiger partial charge in [-0.25, -0.2) is 14.6 Å². The Bertz CT molecular complexity index is 1610. The summed E-state index contributed by atoms with van der Waals surface area (Å²) >= 11 is 0. The first-order valence-corrected chi connectivity index (χ1v) is 18.2. The van der Waals surface area contributed by atoms with Gasteiger partial charge < -0.3 is 35.0 Å². The summed E-state index contributed by atoms with van der Waals surface area (Å²) in [5.41, 5.74) is 3.81. The molecule has 0 spiro atoms. The molecular formula is C39H57N7O7. The van der Waals surface area contributed by atoms with Crippen LogP contribution in [0, 0.1) is 0 Å². The van der Waals surface area contributed by atoms with Crippen molar-refractivity contribution in [3.63, 3.8) is 0 Å². The van der Waals surface area contributed by atoms with Gasteiger partial charge >= 0.3 is 12.1 Å². The molecule has 0 saturated carbocycles. The topological polar surface area (TPSA) is 166 Å². The third-order valence-corrected chi connectivity index (χ3v) is 8.73. The lowest BCUT2D eigenvalue weighted by atomic mass is 10.0. The number of unbranched alkanes of at least 4 members (excludes halogenated alkanes) is 1. The quantitative estimate of drug-likeness (QED) is 0.0700. The molecule has 0 radical (unpaired) electrons. The number of hydrazine groups is 1. The normalized spacial score (nSPS) is 12.7. The fourth-order valence-electron chi connectivity index (χ4n) is 6.02. The Hall–Kier alpha value is -4.79. The second-order valence-corrected chi connectivity index (χ2v) is 13.9. The van der Waals surface area contributed by atoms with E-state index in [0.717, 1.165) is 21.9 Å². The Kier molecular flexibility index (Phi) is 16.9. The van der Waals surface area contributed by atoms with E-state index in [0.29, 0.717) is 26.1 Å². The predicted octanol–water partition coefficient (Wildman–Crippen LogP) is 5.13. The molecule has 2 aromatic carbocycles. The maximum atomic E-state index is 14.8. The van der Waals surface area contributed by atoms with Gasteiger partial charge in [-0.15, -0.1) is 0 Å². The molecule has 2 unspecified atom stereocenters. The largest absolute Gasteiger partial charge is 0.465 e. The molecule has 14 nitrogen and oxygen atoms in total. The van der Waals surface area contributed by atoms with Crippen LogP contribution in [0.25, 0.3) is 10.8 Å². The number of carbonyl (C=O) groups excluding carboxylic acids is 3. The minimum Gasteiger partial charge on any atom is -0.465 e. The van der Waals surface area contributed by atoms with Gasteiger partial charge in [0, 0.05) is 57.8 Å². The second-order valence-electron chi connectivity index (χ2n) is 13.9. The number of urea groups is 1. The third-order valence-electron chi connectivity index (χ3n) is 8.73. The maximum absolute atomic E-state index is 14.8. The number of nitrogens with zero attached hydrogens (tertiary/aromatic N) is 4. The van der Waals surface area contributed by atoms with Crippen LogP contribution in [-0.4, -0.2) is 106 Å². The molecule has 3 rings (SSSR count). The molecule has 0 saturated heterocycles. The van der Waals surface area contributed by atoms with Gasteiger partial charge in [0.15, 0.2) is 6.29 Å². The van der Waals surface area contributed by atoms with Gasteiger partial charge in [0.1, 0.15) is 6.04 Å². The number of hydrogen-bond donors (Lipinski definition) is 4. The van der Waals surface area contributed by atoms with Crippen LogP contribution in [0.15, 0.2) is 67.0 Å². The summed E-state index contributed by atoms with van der Waals surface area (Å²) in [6.45, 7) is 12.4. The Morgan fingerprint density at radius 2 is 1.58 bits per heavy atom. The number of carboxylic acid groups (broad SMARTS) is 1. The van der Waals surface area contributed by atoms with Crippen molar-refractivity contribution in [3.8, 4) is 0 Å². The highest BCUT2D eigenvalue weighted by atomic mass is 16.7. The van der Waals surface area contributed by atoms with E-state index in [2.05, 4.69) is 21.0 Å². The number of likely N-dealkylation sites (N-methyl/N-ethyl adjacent to an activating group) is 1. The van der Waals surface area contributed by atoms with Crippen molar-refractivity contribution >= 4 is 34.7 Å². The average Bonchev–Trinajstić information content (AvgIpc) is 3.11. The van der Waals surface area contributed by atoms with E-state index >= 15 is 0 Å². The SMILES string of the molecule is CCOC(OCC)C(C)N(Cc1cccc2ccccc12)C(=O)C(CCCCN(C(=O)O)C(C)(C)C)NC(=O)CN(C)NC(=O)NCc1ccncc1. The number of hydrogen-bond acceptors (Lipinski definition) is 8. The molecule has 0 bridgehead atoms. The van der Waals surface area contributed by atoms with Gasteiger partial charge in [-0.2, -0.15) is 0 Å². The molecule has 53 heavy (non-hydrogen) atoms. The smallest absolute Gasteiger partial charge is 0.407 e. The van der Waals surface area contributed by atoms with Crippen molar-refractivity contribution in [2.24, 2.45) is 0 Å². The van der Waals surface area contributed by atoms with E-state index in [1.54, 1.807) is 36.5 Å². The number of aromatic nitrogens is 1. The lowest BCUT2D eigenvalue weighted by Gasteiger charge is -2.37. The first kappa shape index (κ1) is 42.6. The van der Waals surface area contributed by atoms with Gasteiger partial charge in [-0.1, -0.05) is 42.5 Å². The molecular weight excluding hydrogens is 678 g/mol. The van der Waals surface area contributed by atoms with E-state index in [9.17, 15) is 24.3 Å². The maximum Gasteiger partial charge on any atom is 0.407 e. The molecule has 0 aliphatic rings. The molecule has 2 atom stereocenters. The lowest BCUT2D eigenvalue weighted by molar-refractivity contribution is -0.179. The number of rotatable bonds is 20. The summed E-state index contributed by atoms with van der Waals surface area (Å²) in [5.74, 6) is -0.814. The van der Waals surface area contributed by atoms with Crippen molar-refractivity contribution in [2.45, 2.75) is 97.8 Å². The average molecular weight is 736 g/mol. The highest BCUT2D eigenvalue weighted by Gasteiger charge is 2.34. The van der Waals surface area contributed by atoms with Gasteiger partial charge in [0.2, 0.25) is 11.8 Å². The second kappa shape index (κ2) is 21.0. The molecule has 0 aliphatic carbocycles. The highest BCUT2D eigenvalue weighted by Crippen LogP contribution is 2.24. The Labute approximate surface area is 313 Å². The summed E-state index contributed by atoms with van der Waals surface area (Å²) in [7, 11) is 1.55. The van der Waals surface area contributed by atoms with E-state index in [-0.39, 0.29) is 38.5 Å². The monoisotopic (exact) mass is 735 g/mol. The van der Waals surface area contributed by atoms with Crippen LogP contribution in [-0.2, 0) is 32.2 Å². The molecule has 290 valence electrons. The summed E-state index contributed by atoms with van der Waals surface area (Å²) < 4.78 is 11.9. The fraction of sp³-hybridized carbons (Fsp3) is 0.513. The van der Waals surface area contributed by atoms with Crippen molar-refractivity contribution in [2.75, 3.05) is 33.4 Å². The summed E-state index contributed by atoms with van der Waals surface area (Å²) in [4.78, 5) is 59.8. The minimum atomic E-state index is -1.02. The van der Waals surface area contributed by atoms with Crippen molar-refractivity contribution in [1.29, 1.82) is 0 Å². The molecule has 3 aromatic rings. The van der Waals surface area contributed by atoms with E-state index in [4.69, 9.17) is 9.47 Å². The van der Waals surface area contributed by atoms with Crippen molar-refractivity contribution in [3.05, 3.63) is 78.1 Å². The third kappa shape index (κ3) is 13.6. The summed E-state index contributed by atoms with van der Waals surface area (Å²) in [5, 5.41) is 18.8. The minimum absolute atomic E-state index is 0.223. The molecule has 0 aliphatic heterocycles. The van der Waals surface area contributed by atoms with Gasteiger partial charge in [0.25, 0.3) is 0 Å². The zero-order valence-corrected chi connectivity index (χ0v) is 32.1. The molecule has 14 heteroatoms. The summed E-state index contributed by atoms with van der Waals surface area (Å²) in [6.07, 6.45) is 2.70. The number of fused-ring (bicyclic) bond motifs is 1. The summed E-state index contributed by atoms with van der Waals surface area (Å²) in [6, 6.07) is 15.4. The Balaban J connectivity index is 1.85. The number of amides is 5.